The van der Waals surface area contributed by atoms with E-state index in [2.05, 4.69) is 9.72 Å². The average Bonchev–Trinajstić information content (AvgIpc) is 3.43. The number of benzene rings is 3. The average molecular weight is 507 g/mol. The van der Waals surface area contributed by atoms with E-state index < -0.39 is 12.1 Å². The summed E-state index contributed by atoms with van der Waals surface area (Å²) in [6.45, 7) is -0.115. The van der Waals surface area contributed by atoms with Crippen LogP contribution in [0.2, 0.25) is 0 Å². The second kappa shape index (κ2) is 10.2. The molecular formula is C26H16F3N3O3S. The normalized spacial score (nSPS) is 12.8. The number of hydrogen-bond donors (Lipinski definition) is 1. The molecule has 0 aliphatic rings. The first-order valence-corrected chi connectivity index (χ1v) is 11.2. The summed E-state index contributed by atoms with van der Waals surface area (Å²) in [5.41, 5.74) is 4.33. The maximum absolute atomic E-state index is 12.5. The van der Waals surface area contributed by atoms with Crippen LogP contribution in [-0.2, 0) is 17.1 Å². The second-order valence-electron chi connectivity index (χ2n) is 7.54. The fraction of sp³-hybridized carbons (Fsp3) is 0.115. The molecule has 1 heterocycles. The number of alkyl halides is 3. The first-order valence-electron chi connectivity index (χ1n) is 10.4. The highest BCUT2D eigenvalue weighted by atomic mass is 32.1. The highest BCUT2D eigenvalue weighted by Crippen LogP contribution is 2.36. The summed E-state index contributed by atoms with van der Waals surface area (Å²) in [4.78, 5) is 4.44. The van der Waals surface area contributed by atoms with Gasteiger partial charge >= 0.3 is 6.36 Å². The monoisotopic (exact) mass is 507 g/mol. The Bertz CT molecular complexity index is 1430. The van der Waals surface area contributed by atoms with Crippen LogP contribution in [0, 0.1) is 22.7 Å². The summed E-state index contributed by atoms with van der Waals surface area (Å²) in [6, 6.07) is 20.4. The molecule has 36 heavy (non-hydrogen) atoms. The standard InChI is InChI=1S/C26H16F3N3O3S/c27-26(28,29)35-22-9-5-19(6-10-22)23-11-18(13-31)1-4-20(23)15-34-25(33,24-14-32-16-36-24)21-7-2-17(12-30)3-8-21/h1-11,14,16,33H,15H2. The number of aliphatic hydroxyl groups is 1. The SMILES string of the molecule is N#Cc1ccc(C(O)(OCc2ccc(C#N)cc2-c2ccc(OC(F)(F)F)cc2)c2cncs2)cc1. The van der Waals surface area contributed by atoms with Crippen LogP contribution in [0.1, 0.15) is 27.1 Å². The summed E-state index contributed by atoms with van der Waals surface area (Å²) in [5, 5.41) is 30.0. The van der Waals surface area contributed by atoms with Gasteiger partial charge in [-0.25, -0.2) is 0 Å². The molecule has 0 radical (unpaired) electrons. The van der Waals surface area contributed by atoms with Crippen LogP contribution < -0.4 is 4.74 Å². The first kappa shape index (κ1) is 24.9. The number of ether oxygens (including phenoxy) is 2. The molecule has 0 saturated carbocycles. The zero-order valence-electron chi connectivity index (χ0n) is 18.4. The number of aromatic nitrogens is 1. The van der Waals surface area contributed by atoms with Gasteiger partial charge in [0.25, 0.3) is 0 Å². The van der Waals surface area contributed by atoms with E-state index >= 15 is 0 Å². The third-order valence-electron chi connectivity index (χ3n) is 5.25. The lowest BCUT2D eigenvalue weighted by Gasteiger charge is -2.28. The van der Waals surface area contributed by atoms with Crippen molar-refractivity contribution in [1.82, 2.24) is 4.98 Å². The Labute approximate surface area is 208 Å². The molecule has 0 spiro atoms. The Morgan fingerprint density at radius 2 is 1.58 bits per heavy atom. The largest absolute Gasteiger partial charge is 0.573 e. The van der Waals surface area contributed by atoms with E-state index in [1.807, 2.05) is 12.1 Å². The van der Waals surface area contributed by atoms with E-state index in [9.17, 15) is 23.5 Å². The summed E-state index contributed by atoms with van der Waals surface area (Å²) in [6.07, 6.45) is -3.34. The Hall–Kier alpha value is -4.22. The van der Waals surface area contributed by atoms with Crippen LogP contribution in [0.4, 0.5) is 13.2 Å². The van der Waals surface area contributed by atoms with Crippen LogP contribution in [0.3, 0.4) is 0 Å². The van der Waals surface area contributed by atoms with E-state index in [1.165, 1.54) is 41.8 Å². The molecule has 1 aromatic heterocycles. The van der Waals surface area contributed by atoms with Crippen LogP contribution in [0.5, 0.6) is 5.75 Å². The van der Waals surface area contributed by atoms with Gasteiger partial charge in [-0.1, -0.05) is 30.3 Å². The molecule has 0 amide bonds. The van der Waals surface area contributed by atoms with Crippen molar-refractivity contribution in [2.75, 3.05) is 0 Å². The zero-order chi connectivity index (χ0) is 25.8. The molecule has 0 saturated heterocycles. The van der Waals surface area contributed by atoms with Crippen LogP contribution in [0.25, 0.3) is 11.1 Å². The smallest absolute Gasteiger partial charge is 0.406 e. The first-order chi connectivity index (χ1) is 17.2. The van der Waals surface area contributed by atoms with Gasteiger partial charge in [0.15, 0.2) is 0 Å². The molecule has 6 nitrogen and oxygen atoms in total. The molecule has 180 valence electrons. The quantitative estimate of drug-likeness (QED) is 0.315. The highest BCUT2D eigenvalue weighted by molar-refractivity contribution is 7.09. The maximum atomic E-state index is 12.5. The van der Waals surface area contributed by atoms with Gasteiger partial charge in [-0.15, -0.1) is 24.5 Å². The van der Waals surface area contributed by atoms with Gasteiger partial charge < -0.3 is 14.6 Å². The summed E-state index contributed by atoms with van der Waals surface area (Å²) in [7, 11) is 0. The van der Waals surface area contributed by atoms with Crippen LogP contribution >= 0.6 is 11.3 Å². The minimum atomic E-state index is -4.81. The van der Waals surface area contributed by atoms with E-state index in [0.717, 1.165) is 0 Å². The lowest BCUT2D eigenvalue weighted by atomic mass is 9.97. The van der Waals surface area contributed by atoms with Crippen molar-refractivity contribution in [2.24, 2.45) is 0 Å². The lowest BCUT2D eigenvalue weighted by Crippen LogP contribution is -2.30. The summed E-state index contributed by atoms with van der Waals surface area (Å²) >= 11 is 1.18. The van der Waals surface area contributed by atoms with E-state index in [0.29, 0.717) is 38.3 Å². The van der Waals surface area contributed by atoms with Crippen molar-refractivity contribution < 1.29 is 27.8 Å². The minimum absolute atomic E-state index is 0.115. The summed E-state index contributed by atoms with van der Waals surface area (Å²) in [5.74, 6) is -2.26. The predicted molar refractivity (Wildman–Crippen MR) is 124 cm³/mol. The Kier molecular flexibility index (Phi) is 7.04. The molecule has 0 fully saturated rings. The van der Waals surface area contributed by atoms with Gasteiger partial charge in [-0.05, 0) is 53.1 Å². The molecule has 1 N–H and O–H groups in total. The Balaban J connectivity index is 1.68. The number of halogens is 3. The summed E-state index contributed by atoms with van der Waals surface area (Å²) < 4.78 is 47.5. The van der Waals surface area contributed by atoms with Gasteiger partial charge in [0.05, 0.1) is 40.3 Å². The second-order valence-corrected chi connectivity index (χ2v) is 8.43. The molecule has 3 aromatic carbocycles. The van der Waals surface area contributed by atoms with Gasteiger partial charge in [0, 0.05) is 11.8 Å². The van der Waals surface area contributed by atoms with Gasteiger partial charge in [-0.2, -0.15) is 10.5 Å². The van der Waals surface area contributed by atoms with Crippen molar-refractivity contribution >= 4 is 11.3 Å². The van der Waals surface area contributed by atoms with E-state index in [-0.39, 0.29) is 12.4 Å². The molecule has 10 heteroatoms. The lowest BCUT2D eigenvalue weighted by molar-refractivity contribution is -0.274. The highest BCUT2D eigenvalue weighted by Gasteiger charge is 2.35. The number of nitriles is 2. The Morgan fingerprint density at radius 3 is 2.17 bits per heavy atom. The van der Waals surface area contributed by atoms with Crippen molar-refractivity contribution in [3.8, 4) is 29.0 Å². The zero-order valence-corrected chi connectivity index (χ0v) is 19.2. The number of thiazole rings is 1. The molecule has 4 rings (SSSR count). The third-order valence-corrected chi connectivity index (χ3v) is 6.11. The fourth-order valence-corrected chi connectivity index (χ4v) is 4.20. The van der Waals surface area contributed by atoms with Gasteiger partial charge in [0.1, 0.15) is 5.75 Å². The number of rotatable bonds is 7. The van der Waals surface area contributed by atoms with Crippen molar-refractivity contribution in [3.05, 3.63) is 106 Å². The van der Waals surface area contributed by atoms with Gasteiger partial charge in [0.2, 0.25) is 5.79 Å². The Morgan fingerprint density at radius 1 is 0.917 bits per heavy atom. The molecule has 0 aliphatic heterocycles. The molecule has 1 unspecified atom stereocenters. The van der Waals surface area contributed by atoms with E-state index in [1.54, 1.807) is 48.0 Å². The third kappa shape index (κ3) is 5.53. The van der Waals surface area contributed by atoms with Crippen LogP contribution in [-0.4, -0.2) is 16.5 Å². The maximum Gasteiger partial charge on any atom is 0.573 e. The predicted octanol–water partition coefficient (Wildman–Crippen LogP) is 5.86. The molecule has 0 aliphatic carbocycles. The van der Waals surface area contributed by atoms with E-state index in [4.69, 9.17) is 10.00 Å². The van der Waals surface area contributed by atoms with Crippen molar-refractivity contribution in [3.63, 3.8) is 0 Å². The van der Waals surface area contributed by atoms with Crippen molar-refractivity contribution in [1.29, 1.82) is 10.5 Å². The molecule has 1 atom stereocenters. The minimum Gasteiger partial charge on any atom is -0.406 e. The van der Waals surface area contributed by atoms with Crippen molar-refractivity contribution in [2.45, 2.75) is 18.8 Å². The van der Waals surface area contributed by atoms with Gasteiger partial charge in [-0.3, -0.25) is 4.98 Å². The van der Waals surface area contributed by atoms with Crippen LogP contribution in [0.15, 0.2) is 78.4 Å². The molecule has 4 aromatic rings. The topological polar surface area (TPSA) is 99.2 Å². The fourth-order valence-electron chi connectivity index (χ4n) is 3.51. The number of hydrogen-bond acceptors (Lipinski definition) is 7. The molecular weight excluding hydrogens is 491 g/mol. The number of nitrogens with zero attached hydrogens (tertiary/aromatic N) is 3. The molecule has 0 bridgehead atoms.